The number of nitrogens with one attached hydrogen (secondary N) is 1. The van der Waals surface area contributed by atoms with Crippen molar-refractivity contribution in [2.24, 2.45) is 0 Å². The fourth-order valence-electron chi connectivity index (χ4n) is 3.11. The van der Waals surface area contributed by atoms with E-state index in [0.717, 1.165) is 17.7 Å². The van der Waals surface area contributed by atoms with E-state index >= 15 is 0 Å². The van der Waals surface area contributed by atoms with E-state index in [0.29, 0.717) is 29.3 Å². The number of hydrogen-bond donors (Lipinski definition) is 1. The van der Waals surface area contributed by atoms with Gasteiger partial charge in [-0.05, 0) is 42.8 Å². The molecule has 154 valence electrons. The van der Waals surface area contributed by atoms with Crippen LogP contribution in [0.1, 0.15) is 11.3 Å². The fourth-order valence-corrected chi connectivity index (χ4v) is 3.11. The minimum atomic E-state index is -4.75. The van der Waals surface area contributed by atoms with Crippen LogP contribution in [0, 0.1) is 6.92 Å². The zero-order valence-corrected chi connectivity index (χ0v) is 16.0. The second-order valence-electron chi connectivity index (χ2n) is 6.65. The van der Waals surface area contributed by atoms with E-state index in [9.17, 15) is 13.2 Å². The number of aryl methyl sites for hydroxylation is 1. The van der Waals surface area contributed by atoms with Gasteiger partial charge in [0.15, 0.2) is 5.65 Å². The van der Waals surface area contributed by atoms with Crippen LogP contribution in [0.5, 0.6) is 5.75 Å². The lowest BCUT2D eigenvalue weighted by Gasteiger charge is -2.10. The summed E-state index contributed by atoms with van der Waals surface area (Å²) < 4.78 is 43.2. The molecule has 0 unspecified atom stereocenters. The Hall–Kier alpha value is -3.62. The lowest BCUT2D eigenvalue weighted by Crippen LogP contribution is -2.17. The minimum Gasteiger partial charge on any atom is -0.406 e. The average Bonchev–Trinajstić information content (AvgIpc) is 3.12. The standard InChI is InChI=1S/C21H18F3N5O/c1-14-4-3-10-25-17(14)9-11-26-19-7-8-20-27-13-18(29(20)28-19)15-5-2-6-16(12-15)30-21(22,23)24/h2-8,10,12-13H,9,11H2,1H3,(H,26,28). The highest BCUT2D eigenvalue weighted by molar-refractivity contribution is 5.65. The first-order valence-corrected chi connectivity index (χ1v) is 9.24. The van der Waals surface area contributed by atoms with Crippen molar-refractivity contribution in [1.82, 2.24) is 19.6 Å². The van der Waals surface area contributed by atoms with Gasteiger partial charge in [0, 0.05) is 30.4 Å². The maximum atomic E-state index is 12.5. The van der Waals surface area contributed by atoms with Crippen molar-refractivity contribution in [3.8, 4) is 17.0 Å². The molecule has 0 atom stereocenters. The van der Waals surface area contributed by atoms with Gasteiger partial charge in [0.05, 0.1) is 11.9 Å². The Morgan fingerprint density at radius 1 is 1.07 bits per heavy atom. The Kier molecular flexibility index (Phi) is 5.26. The van der Waals surface area contributed by atoms with Crippen LogP contribution in [0.2, 0.25) is 0 Å². The Bertz CT molecular complexity index is 1170. The van der Waals surface area contributed by atoms with E-state index in [4.69, 9.17) is 0 Å². The molecule has 4 aromatic rings. The first-order chi connectivity index (χ1) is 14.4. The van der Waals surface area contributed by atoms with Gasteiger partial charge in [-0.2, -0.15) is 0 Å². The van der Waals surface area contributed by atoms with Gasteiger partial charge in [-0.1, -0.05) is 18.2 Å². The van der Waals surface area contributed by atoms with Crippen LogP contribution in [-0.2, 0) is 6.42 Å². The SMILES string of the molecule is Cc1cccnc1CCNc1ccc2ncc(-c3cccc(OC(F)(F)F)c3)n2n1. The molecule has 0 radical (unpaired) electrons. The Labute approximate surface area is 170 Å². The second kappa shape index (κ2) is 8.02. The Morgan fingerprint density at radius 2 is 1.93 bits per heavy atom. The molecule has 9 heteroatoms. The van der Waals surface area contributed by atoms with Gasteiger partial charge in [0.25, 0.3) is 0 Å². The molecule has 1 aromatic carbocycles. The summed E-state index contributed by atoms with van der Waals surface area (Å²) in [7, 11) is 0. The molecule has 3 aromatic heterocycles. The maximum absolute atomic E-state index is 12.5. The second-order valence-corrected chi connectivity index (χ2v) is 6.65. The Morgan fingerprint density at radius 3 is 2.73 bits per heavy atom. The van der Waals surface area contributed by atoms with Crippen LogP contribution in [0.15, 0.2) is 60.9 Å². The van der Waals surface area contributed by atoms with E-state index in [1.54, 1.807) is 35.1 Å². The number of benzene rings is 1. The predicted octanol–water partition coefficient (Wildman–Crippen LogP) is 4.65. The van der Waals surface area contributed by atoms with Gasteiger partial charge >= 0.3 is 6.36 Å². The summed E-state index contributed by atoms with van der Waals surface area (Å²) >= 11 is 0. The van der Waals surface area contributed by atoms with E-state index in [-0.39, 0.29) is 5.75 Å². The highest BCUT2D eigenvalue weighted by Crippen LogP contribution is 2.28. The molecule has 0 spiro atoms. The number of nitrogens with zero attached hydrogens (tertiary/aromatic N) is 4. The lowest BCUT2D eigenvalue weighted by atomic mass is 10.1. The Balaban J connectivity index is 1.55. The largest absolute Gasteiger partial charge is 0.573 e. The van der Waals surface area contributed by atoms with Crippen molar-refractivity contribution in [3.05, 3.63) is 72.2 Å². The number of fused-ring (bicyclic) bond motifs is 1. The summed E-state index contributed by atoms with van der Waals surface area (Å²) in [6, 6.07) is 13.2. The molecule has 30 heavy (non-hydrogen) atoms. The van der Waals surface area contributed by atoms with E-state index in [1.807, 2.05) is 19.1 Å². The number of rotatable bonds is 6. The molecule has 0 amide bonds. The third kappa shape index (κ3) is 4.51. The predicted molar refractivity (Wildman–Crippen MR) is 106 cm³/mol. The molecule has 0 aliphatic rings. The summed E-state index contributed by atoms with van der Waals surface area (Å²) in [4.78, 5) is 8.65. The molecule has 0 fully saturated rings. The number of ether oxygens (including phenoxy) is 1. The molecule has 0 aliphatic carbocycles. The zero-order chi connectivity index (χ0) is 21.1. The molecule has 0 aliphatic heterocycles. The monoisotopic (exact) mass is 413 g/mol. The molecule has 6 nitrogen and oxygen atoms in total. The number of imidazole rings is 1. The highest BCUT2D eigenvalue weighted by atomic mass is 19.4. The van der Waals surface area contributed by atoms with Gasteiger partial charge in [-0.25, -0.2) is 9.50 Å². The summed E-state index contributed by atoms with van der Waals surface area (Å²) in [5.74, 6) is 0.327. The van der Waals surface area contributed by atoms with Crippen LogP contribution >= 0.6 is 0 Å². The average molecular weight is 413 g/mol. The number of alkyl halides is 3. The number of aromatic nitrogens is 4. The van der Waals surface area contributed by atoms with Gasteiger partial charge in [-0.3, -0.25) is 4.98 Å². The topological polar surface area (TPSA) is 64.3 Å². The minimum absolute atomic E-state index is 0.296. The van der Waals surface area contributed by atoms with Crippen LogP contribution in [-0.4, -0.2) is 32.5 Å². The van der Waals surface area contributed by atoms with Crippen molar-refractivity contribution in [2.45, 2.75) is 19.7 Å². The van der Waals surface area contributed by atoms with Gasteiger partial charge in [0.1, 0.15) is 11.6 Å². The molecule has 0 saturated heterocycles. The van der Waals surface area contributed by atoms with E-state index in [2.05, 4.69) is 25.1 Å². The van der Waals surface area contributed by atoms with Crippen molar-refractivity contribution in [1.29, 1.82) is 0 Å². The number of hydrogen-bond acceptors (Lipinski definition) is 5. The van der Waals surface area contributed by atoms with Crippen molar-refractivity contribution in [2.75, 3.05) is 11.9 Å². The lowest BCUT2D eigenvalue weighted by molar-refractivity contribution is -0.274. The number of anilines is 1. The first-order valence-electron chi connectivity index (χ1n) is 9.24. The molecular formula is C21H18F3N5O. The van der Waals surface area contributed by atoms with Crippen LogP contribution in [0.25, 0.3) is 16.9 Å². The molecule has 1 N–H and O–H groups in total. The quantitative estimate of drug-likeness (QED) is 0.498. The molecule has 4 rings (SSSR count). The maximum Gasteiger partial charge on any atom is 0.573 e. The molecule has 3 heterocycles. The van der Waals surface area contributed by atoms with Crippen LogP contribution in [0.3, 0.4) is 0 Å². The normalized spacial score (nSPS) is 11.6. The highest BCUT2D eigenvalue weighted by Gasteiger charge is 2.31. The van der Waals surface area contributed by atoms with Crippen LogP contribution in [0.4, 0.5) is 19.0 Å². The van der Waals surface area contributed by atoms with Crippen molar-refractivity contribution in [3.63, 3.8) is 0 Å². The third-order valence-electron chi connectivity index (χ3n) is 4.51. The number of halogens is 3. The third-order valence-corrected chi connectivity index (χ3v) is 4.51. The summed E-state index contributed by atoms with van der Waals surface area (Å²) in [5, 5.41) is 7.78. The zero-order valence-electron chi connectivity index (χ0n) is 16.0. The molecule has 0 saturated carbocycles. The smallest absolute Gasteiger partial charge is 0.406 e. The van der Waals surface area contributed by atoms with Crippen molar-refractivity contribution >= 4 is 11.5 Å². The van der Waals surface area contributed by atoms with E-state index in [1.165, 1.54) is 18.2 Å². The van der Waals surface area contributed by atoms with Crippen molar-refractivity contribution < 1.29 is 17.9 Å². The summed E-state index contributed by atoms with van der Waals surface area (Å²) in [5.41, 5.74) is 3.79. The summed E-state index contributed by atoms with van der Waals surface area (Å²) in [6.07, 6.45) is -0.684. The van der Waals surface area contributed by atoms with Gasteiger partial charge < -0.3 is 10.1 Å². The molecular weight excluding hydrogens is 395 g/mol. The van der Waals surface area contributed by atoms with E-state index < -0.39 is 6.36 Å². The molecule has 0 bridgehead atoms. The summed E-state index contributed by atoms with van der Waals surface area (Å²) in [6.45, 7) is 2.65. The van der Waals surface area contributed by atoms with Gasteiger partial charge in [0.2, 0.25) is 0 Å². The first kappa shape index (κ1) is 19.7. The van der Waals surface area contributed by atoms with Crippen LogP contribution < -0.4 is 10.1 Å². The van der Waals surface area contributed by atoms with Gasteiger partial charge in [-0.15, -0.1) is 18.3 Å². The fraction of sp³-hybridized carbons (Fsp3) is 0.190. The number of pyridine rings is 1.